The molecule has 0 N–H and O–H groups in total. The Morgan fingerprint density at radius 3 is 2.79 bits per heavy atom. The molecule has 0 radical (unpaired) electrons. The number of nitrogens with zero attached hydrogens (tertiary/aromatic N) is 2. The highest BCUT2D eigenvalue weighted by Crippen LogP contribution is 2.38. The van der Waals surface area contributed by atoms with Crippen LogP contribution >= 0.6 is 23.2 Å². The Bertz CT molecular complexity index is 412. The lowest BCUT2D eigenvalue weighted by atomic mass is 10.2. The average Bonchev–Trinajstić information content (AvgIpc) is 2.97. The van der Waals surface area contributed by atoms with E-state index >= 15 is 0 Å². The van der Waals surface area contributed by atoms with E-state index in [0.717, 1.165) is 12.8 Å². The summed E-state index contributed by atoms with van der Waals surface area (Å²) in [4.78, 5) is 11.6. The lowest BCUT2D eigenvalue weighted by Gasteiger charge is -2.12. The minimum Gasteiger partial charge on any atom is -0.266 e. The maximum Gasteiger partial charge on any atom is 0.287 e. The molecule has 1 heterocycles. The van der Waals surface area contributed by atoms with Crippen LogP contribution in [0.5, 0.6) is 0 Å². The van der Waals surface area contributed by atoms with Crippen molar-refractivity contribution in [1.29, 1.82) is 0 Å². The summed E-state index contributed by atoms with van der Waals surface area (Å²) in [6.07, 6.45) is 3.75. The Kier molecular flexibility index (Phi) is 2.54. The van der Waals surface area contributed by atoms with Gasteiger partial charge in [-0.3, -0.25) is 4.79 Å². The van der Waals surface area contributed by atoms with E-state index in [1.807, 2.05) is 6.92 Å². The first-order valence-electron chi connectivity index (χ1n) is 4.54. The van der Waals surface area contributed by atoms with Gasteiger partial charge in [0.1, 0.15) is 5.02 Å². The molecule has 1 atom stereocenters. The Balaban J connectivity index is 2.43. The molecule has 0 amide bonds. The molecule has 2 rings (SSSR count). The summed E-state index contributed by atoms with van der Waals surface area (Å²) in [5, 5.41) is 4.27. The Morgan fingerprint density at radius 1 is 1.57 bits per heavy atom. The van der Waals surface area contributed by atoms with E-state index in [-0.39, 0.29) is 21.6 Å². The van der Waals surface area contributed by atoms with Crippen LogP contribution in [0.2, 0.25) is 10.0 Å². The molecule has 14 heavy (non-hydrogen) atoms. The van der Waals surface area contributed by atoms with Crippen molar-refractivity contribution in [2.24, 2.45) is 5.92 Å². The summed E-state index contributed by atoms with van der Waals surface area (Å²) in [5.41, 5.74) is -0.293. The van der Waals surface area contributed by atoms with Crippen molar-refractivity contribution in [2.75, 3.05) is 0 Å². The quantitative estimate of drug-likeness (QED) is 0.786. The molecular formula is C9H10Cl2N2O. The van der Waals surface area contributed by atoms with Crippen molar-refractivity contribution in [1.82, 2.24) is 9.78 Å². The molecule has 0 bridgehead atoms. The van der Waals surface area contributed by atoms with Gasteiger partial charge in [-0.15, -0.1) is 0 Å². The van der Waals surface area contributed by atoms with Gasteiger partial charge in [-0.05, 0) is 25.7 Å². The van der Waals surface area contributed by atoms with Gasteiger partial charge < -0.3 is 0 Å². The molecule has 0 spiro atoms. The zero-order valence-electron chi connectivity index (χ0n) is 7.70. The number of aromatic nitrogens is 2. The van der Waals surface area contributed by atoms with Crippen LogP contribution in [-0.4, -0.2) is 9.78 Å². The molecule has 1 aliphatic carbocycles. The van der Waals surface area contributed by atoms with Crippen LogP contribution in [0.4, 0.5) is 0 Å². The molecular weight excluding hydrogens is 223 g/mol. The first-order valence-corrected chi connectivity index (χ1v) is 5.29. The molecule has 76 valence electrons. The SMILES string of the molecule is CC(C1CC1)n1ncc(Cl)c(Cl)c1=O. The molecule has 1 aromatic rings. The van der Waals surface area contributed by atoms with E-state index in [1.165, 1.54) is 10.9 Å². The van der Waals surface area contributed by atoms with Crippen LogP contribution in [0.1, 0.15) is 25.8 Å². The molecule has 0 aliphatic heterocycles. The van der Waals surface area contributed by atoms with Gasteiger partial charge in [-0.2, -0.15) is 5.10 Å². The lowest BCUT2D eigenvalue weighted by Crippen LogP contribution is -2.27. The third-order valence-corrected chi connectivity index (χ3v) is 3.34. The van der Waals surface area contributed by atoms with E-state index < -0.39 is 0 Å². The smallest absolute Gasteiger partial charge is 0.266 e. The van der Waals surface area contributed by atoms with Crippen molar-refractivity contribution in [2.45, 2.75) is 25.8 Å². The average molecular weight is 233 g/mol. The molecule has 0 saturated heterocycles. The highest BCUT2D eigenvalue weighted by atomic mass is 35.5. The minimum atomic E-state index is -0.293. The molecule has 1 unspecified atom stereocenters. The monoisotopic (exact) mass is 232 g/mol. The first kappa shape index (κ1) is 9.99. The third kappa shape index (κ3) is 1.66. The minimum absolute atomic E-state index is 0.0640. The van der Waals surface area contributed by atoms with Gasteiger partial charge in [0, 0.05) is 0 Å². The maximum absolute atomic E-state index is 11.6. The van der Waals surface area contributed by atoms with Crippen molar-refractivity contribution in [3.63, 3.8) is 0 Å². The molecule has 1 aromatic heterocycles. The van der Waals surface area contributed by atoms with Crippen LogP contribution in [0.25, 0.3) is 0 Å². The summed E-state index contributed by atoms with van der Waals surface area (Å²) in [5.74, 6) is 0.567. The summed E-state index contributed by atoms with van der Waals surface area (Å²) >= 11 is 11.4. The largest absolute Gasteiger partial charge is 0.287 e. The predicted octanol–water partition coefficient (Wildman–Crippen LogP) is 2.52. The van der Waals surface area contributed by atoms with Gasteiger partial charge >= 0.3 is 0 Å². The lowest BCUT2D eigenvalue weighted by molar-refractivity contribution is 0.419. The third-order valence-electron chi connectivity index (χ3n) is 2.59. The molecule has 3 nitrogen and oxygen atoms in total. The van der Waals surface area contributed by atoms with Gasteiger partial charge in [0.15, 0.2) is 0 Å². The highest BCUT2D eigenvalue weighted by Gasteiger charge is 2.30. The number of hydrogen-bond donors (Lipinski definition) is 0. The van der Waals surface area contributed by atoms with Crippen molar-refractivity contribution in [3.8, 4) is 0 Å². The zero-order valence-corrected chi connectivity index (χ0v) is 9.22. The maximum atomic E-state index is 11.6. The van der Waals surface area contributed by atoms with Crippen LogP contribution in [0.15, 0.2) is 11.0 Å². The van der Waals surface area contributed by atoms with Gasteiger partial charge in [-0.1, -0.05) is 23.2 Å². The summed E-state index contributed by atoms with van der Waals surface area (Å²) < 4.78 is 1.42. The number of hydrogen-bond acceptors (Lipinski definition) is 2. The fourth-order valence-electron chi connectivity index (χ4n) is 1.49. The van der Waals surface area contributed by atoms with E-state index in [2.05, 4.69) is 5.10 Å². The number of halogens is 2. The van der Waals surface area contributed by atoms with Gasteiger partial charge in [0.2, 0.25) is 0 Å². The molecule has 5 heteroatoms. The van der Waals surface area contributed by atoms with E-state index in [9.17, 15) is 4.79 Å². The van der Waals surface area contributed by atoms with Gasteiger partial charge in [0.25, 0.3) is 5.56 Å². The highest BCUT2D eigenvalue weighted by molar-refractivity contribution is 6.41. The molecule has 0 aromatic carbocycles. The Morgan fingerprint density at radius 2 is 2.21 bits per heavy atom. The normalized spacial score (nSPS) is 18.2. The Labute approximate surface area is 91.6 Å². The van der Waals surface area contributed by atoms with E-state index in [4.69, 9.17) is 23.2 Å². The van der Waals surface area contributed by atoms with E-state index in [0.29, 0.717) is 5.92 Å². The second-order valence-corrected chi connectivity index (χ2v) is 4.42. The van der Waals surface area contributed by atoms with Crippen molar-refractivity contribution >= 4 is 23.2 Å². The molecule has 1 fully saturated rings. The van der Waals surface area contributed by atoms with Crippen LogP contribution in [0.3, 0.4) is 0 Å². The van der Waals surface area contributed by atoms with Crippen LogP contribution in [-0.2, 0) is 0 Å². The first-order chi connectivity index (χ1) is 6.61. The summed E-state index contributed by atoms with van der Waals surface area (Å²) in [7, 11) is 0. The van der Waals surface area contributed by atoms with Crippen molar-refractivity contribution in [3.05, 3.63) is 26.6 Å². The number of rotatable bonds is 2. The molecule has 1 aliphatic rings. The standard InChI is InChI=1S/C9H10Cl2N2O/c1-5(6-2-3-6)13-9(14)8(11)7(10)4-12-13/h4-6H,2-3H2,1H3. The predicted molar refractivity (Wildman–Crippen MR) is 56.0 cm³/mol. The summed E-state index contributed by atoms with van der Waals surface area (Å²) in [6, 6.07) is 0.122. The van der Waals surface area contributed by atoms with Crippen LogP contribution < -0.4 is 5.56 Å². The van der Waals surface area contributed by atoms with Gasteiger partial charge in [-0.25, -0.2) is 4.68 Å². The second-order valence-electron chi connectivity index (χ2n) is 3.63. The van der Waals surface area contributed by atoms with Crippen molar-refractivity contribution < 1.29 is 0 Å². The fourth-order valence-corrected chi connectivity index (χ4v) is 1.75. The van der Waals surface area contributed by atoms with Gasteiger partial charge in [0.05, 0.1) is 17.3 Å². The Hall–Kier alpha value is -0.540. The summed E-state index contributed by atoms with van der Waals surface area (Å²) in [6.45, 7) is 1.98. The fraction of sp³-hybridized carbons (Fsp3) is 0.556. The zero-order chi connectivity index (χ0) is 10.3. The topological polar surface area (TPSA) is 34.9 Å². The second kappa shape index (κ2) is 3.55. The van der Waals surface area contributed by atoms with Crippen LogP contribution in [0, 0.1) is 5.92 Å². The van der Waals surface area contributed by atoms with E-state index in [1.54, 1.807) is 0 Å². The molecule has 1 saturated carbocycles.